The van der Waals surface area contributed by atoms with Crippen LogP contribution in [0.3, 0.4) is 0 Å². The van der Waals surface area contributed by atoms with Crippen molar-refractivity contribution in [1.82, 2.24) is 5.32 Å². The lowest BCUT2D eigenvalue weighted by molar-refractivity contribution is 0.155. The third-order valence-electron chi connectivity index (χ3n) is 1.82. The van der Waals surface area contributed by atoms with Gasteiger partial charge in [0.15, 0.2) is 0 Å². The van der Waals surface area contributed by atoms with E-state index in [-0.39, 0.29) is 0 Å². The number of rotatable bonds is 8. The number of nitrogens with one attached hydrogen (secondary N) is 1. The summed E-state index contributed by atoms with van der Waals surface area (Å²) >= 11 is 0. The highest BCUT2D eigenvalue weighted by Crippen LogP contribution is 1.99. The molecule has 0 aliphatic heterocycles. The number of nitrogens with two attached hydrogens (primary N) is 1. The summed E-state index contributed by atoms with van der Waals surface area (Å²) in [6.07, 6.45) is 2.25. The summed E-state index contributed by atoms with van der Waals surface area (Å²) in [6.45, 7) is 5.95. The minimum Gasteiger partial charge on any atom is -0.384 e. The van der Waals surface area contributed by atoms with Crippen LogP contribution < -0.4 is 11.1 Å². The molecule has 3 nitrogen and oxygen atoms in total. The van der Waals surface area contributed by atoms with Crippen molar-refractivity contribution in [3.63, 3.8) is 0 Å². The van der Waals surface area contributed by atoms with Crippen LogP contribution in [0.2, 0.25) is 0 Å². The topological polar surface area (TPSA) is 47.3 Å². The molecule has 74 valence electrons. The van der Waals surface area contributed by atoms with Gasteiger partial charge >= 0.3 is 0 Å². The van der Waals surface area contributed by atoms with E-state index in [2.05, 4.69) is 12.2 Å². The highest BCUT2D eigenvalue weighted by molar-refractivity contribution is 4.54. The Bertz CT molecular complexity index is 88.6. The summed E-state index contributed by atoms with van der Waals surface area (Å²) < 4.78 is 5.03. The molecule has 0 saturated heterocycles. The predicted molar refractivity (Wildman–Crippen MR) is 52.2 cm³/mol. The monoisotopic (exact) mass is 174 g/mol. The largest absolute Gasteiger partial charge is 0.384 e. The first-order chi connectivity index (χ1) is 5.81. The molecular weight excluding hydrogens is 152 g/mol. The van der Waals surface area contributed by atoms with Gasteiger partial charge in [-0.1, -0.05) is 6.92 Å². The number of methoxy groups -OCH3 is 1. The van der Waals surface area contributed by atoms with Crippen LogP contribution in [0.4, 0.5) is 0 Å². The molecule has 0 saturated carbocycles. The van der Waals surface area contributed by atoms with Crippen LogP contribution >= 0.6 is 0 Å². The molecule has 0 rings (SSSR count). The molecule has 0 aliphatic rings. The third-order valence-corrected chi connectivity index (χ3v) is 1.82. The van der Waals surface area contributed by atoms with Gasteiger partial charge in [0.05, 0.1) is 0 Å². The Balaban J connectivity index is 2.97. The second-order valence-electron chi connectivity index (χ2n) is 3.24. The van der Waals surface area contributed by atoms with E-state index < -0.39 is 0 Å². The average molecular weight is 174 g/mol. The van der Waals surface area contributed by atoms with Crippen molar-refractivity contribution >= 4 is 0 Å². The quantitative estimate of drug-likeness (QED) is 0.530. The first-order valence-electron chi connectivity index (χ1n) is 4.71. The van der Waals surface area contributed by atoms with E-state index in [0.29, 0.717) is 5.92 Å². The van der Waals surface area contributed by atoms with E-state index in [9.17, 15) is 0 Å². The summed E-state index contributed by atoms with van der Waals surface area (Å²) in [4.78, 5) is 0. The zero-order valence-electron chi connectivity index (χ0n) is 8.31. The van der Waals surface area contributed by atoms with Gasteiger partial charge in [0.25, 0.3) is 0 Å². The molecule has 0 bridgehead atoms. The lowest BCUT2D eigenvalue weighted by Crippen LogP contribution is -2.21. The molecule has 1 atom stereocenters. The summed E-state index contributed by atoms with van der Waals surface area (Å²) in [7, 11) is 1.75. The van der Waals surface area contributed by atoms with Crippen molar-refractivity contribution in [2.45, 2.75) is 19.8 Å². The third kappa shape index (κ3) is 7.98. The lowest BCUT2D eigenvalue weighted by atomic mass is 10.1. The Labute approximate surface area is 75.7 Å². The fraction of sp³-hybridized carbons (Fsp3) is 1.00. The summed E-state index contributed by atoms with van der Waals surface area (Å²) in [6, 6.07) is 0. The van der Waals surface area contributed by atoms with E-state index in [1.54, 1.807) is 7.11 Å². The Morgan fingerprint density at radius 2 is 2.17 bits per heavy atom. The molecule has 0 spiro atoms. The van der Waals surface area contributed by atoms with Gasteiger partial charge in [-0.15, -0.1) is 0 Å². The van der Waals surface area contributed by atoms with Crippen LogP contribution in [0.15, 0.2) is 0 Å². The standard InChI is InChI=1S/C9H22N2O/c1-9(8-12-2)4-7-11-6-3-5-10/h9,11H,3-8,10H2,1-2H3. The molecule has 12 heavy (non-hydrogen) atoms. The predicted octanol–water partition coefficient (Wildman–Crippen LogP) is 0.597. The molecule has 3 N–H and O–H groups in total. The van der Waals surface area contributed by atoms with Gasteiger partial charge in [0.2, 0.25) is 0 Å². The second-order valence-corrected chi connectivity index (χ2v) is 3.24. The summed E-state index contributed by atoms with van der Waals surface area (Å²) in [5.74, 6) is 0.653. The minimum absolute atomic E-state index is 0.653. The molecule has 0 aromatic carbocycles. The lowest BCUT2D eigenvalue weighted by Gasteiger charge is -2.10. The first kappa shape index (κ1) is 11.9. The number of hydrogen-bond acceptors (Lipinski definition) is 3. The molecule has 0 aromatic heterocycles. The molecule has 0 heterocycles. The van der Waals surface area contributed by atoms with Gasteiger partial charge < -0.3 is 15.8 Å². The summed E-state index contributed by atoms with van der Waals surface area (Å²) in [5.41, 5.74) is 5.36. The Hall–Kier alpha value is -0.120. The minimum atomic E-state index is 0.653. The van der Waals surface area contributed by atoms with Gasteiger partial charge in [0, 0.05) is 13.7 Å². The van der Waals surface area contributed by atoms with E-state index in [4.69, 9.17) is 10.5 Å². The molecule has 0 amide bonds. The zero-order valence-corrected chi connectivity index (χ0v) is 8.31. The van der Waals surface area contributed by atoms with Gasteiger partial charge in [-0.25, -0.2) is 0 Å². The Morgan fingerprint density at radius 3 is 2.75 bits per heavy atom. The van der Waals surface area contributed by atoms with Crippen molar-refractivity contribution in [3.8, 4) is 0 Å². The highest BCUT2D eigenvalue weighted by Gasteiger charge is 1.99. The fourth-order valence-corrected chi connectivity index (χ4v) is 1.07. The number of ether oxygens (including phenoxy) is 1. The molecule has 0 radical (unpaired) electrons. The smallest absolute Gasteiger partial charge is 0.0488 e. The van der Waals surface area contributed by atoms with Gasteiger partial charge in [-0.3, -0.25) is 0 Å². The van der Waals surface area contributed by atoms with Crippen molar-refractivity contribution < 1.29 is 4.74 Å². The van der Waals surface area contributed by atoms with E-state index in [0.717, 1.165) is 32.7 Å². The maximum atomic E-state index is 5.36. The highest BCUT2D eigenvalue weighted by atomic mass is 16.5. The second kappa shape index (κ2) is 8.97. The SMILES string of the molecule is COCC(C)CCNCCCN. The van der Waals surface area contributed by atoms with Crippen molar-refractivity contribution in [1.29, 1.82) is 0 Å². The van der Waals surface area contributed by atoms with Crippen molar-refractivity contribution in [2.24, 2.45) is 11.7 Å². The molecule has 1 unspecified atom stereocenters. The zero-order chi connectivity index (χ0) is 9.23. The Morgan fingerprint density at radius 1 is 1.42 bits per heavy atom. The van der Waals surface area contributed by atoms with Crippen LogP contribution in [0, 0.1) is 5.92 Å². The van der Waals surface area contributed by atoms with Crippen LogP contribution in [-0.2, 0) is 4.74 Å². The van der Waals surface area contributed by atoms with E-state index >= 15 is 0 Å². The van der Waals surface area contributed by atoms with Crippen molar-refractivity contribution in [2.75, 3.05) is 33.4 Å². The van der Waals surface area contributed by atoms with Crippen LogP contribution in [0.25, 0.3) is 0 Å². The fourth-order valence-electron chi connectivity index (χ4n) is 1.07. The first-order valence-corrected chi connectivity index (χ1v) is 4.71. The van der Waals surface area contributed by atoms with Crippen LogP contribution in [0.1, 0.15) is 19.8 Å². The normalized spacial score (nSPS) is 13.2. The van der Waals surface area contributed by atoms with E-state index in [1.165, 1.54) is 6.42 Å². The average Bonchev–Trinajstić information content (AvgIpc) is 2.05. The number of hydrogen-bond donors (Lipinski definition) is 2. The van der Waals surface area contributed by atoms with Gasteiger partial charge in [-0.05, 0) is 38.4 Å². The Kier molecular flexibility index (Phi) is 8.88. The van der Waals surface area contributed by atoms with Crippen LogP contribution in [0.5, 0.6) is 0 Å². The molecule has 3 heteroatoms. The van der Waals surface area contributed by atoms with Gasteiger partial charge in [-0.2, -0.15) is 0 Å². The van der Waals surface area contributed by atoms with Crippen molar-refractivity contribution in [3.05, 3.63) is 0 Å². The maximum absolute atomic E-state index is 5.36. The van der Waals surface area contributed by atoms with Gasteiger partial charge in [0.1, 0.15) is 0 Å². The molecule has 0 aliphatic carbocycles. The van der Waals surface area contributed by atoms with E-state index in [1.807, 2.05) is 0 Å². The molecule has 0 fully saturated rings. The molecule has 0 aromatic rings. The van der Waals surface area contributed by atoms with Crippen LogP contribution in [-0.4, -0.2) is 33.4 Å². The summed E-state index contributed by atoms with van der Waals surface area (Å²) in [5, 5.41) is 3.34. The maximum Gasteiger partial charge on any atom is 0.0488 e. The molecular formula is C9H22N2O.